The first-order chi connectivity index (χ1) is 9.61. The first-order valence-electron chi connectivity index (χ1n) is 6.71. The van der Waals surface area contributed by atoms with Gasteiger partial charge in [-0.3, -0.25) is 9.59 Å². The Morgan fingerprint density at radius 1 is 1.40 bits per heavy atom. The fourth-order valence-electron chi connectivity index (χ4n) is 2.18. The Morgan fingerprint density at radius 2 is 2.20 bits per heavy atom. The van der Waals surface area contributed by atoms with Gasteiger partial charge in [-0.2, -0.15) is 0 Å². The standard InChI is InChI=1S/C15H19NO4/c1-10(15(18)16-7-8-19-2)20-12-4-5-13-11(9-12)3-6-14(13)17/h4-5,9-10H,3,6-8H2,1-2H3,(H,16,18). The van der Waals surface area contributed by atoms with Crippen molar-refractivity contribution in [2.45, 2.75) is 25.9 Å². The van der Waals surface area contributed by atoms with Crippen LogP contribution in [0, 0.1) is 0 Å². The lowest BCUT2D eigenvalue weighted by molar-refractivity contribution is -0.127. The number of carbonyl (C=O) groups is 2. The van der Waals surface area contributed by atoms with Crippen LogP contribution < -0.4 is 10.1 Å². The third-order valence-corrected chi connectivity index (χ3v) is 3.29. The van der Waals surface area contributed by atoms with E-state index in [0.29, 0.717) is 25.3 Å². The molecule has 1 aromatic carbocycles. The molecule has 2 rings (SSSR count). The first kappa shape index (κ1) is 14.5. The number of aryl methyl sites for hydroxylation is 1. The second-order valence-corrected chi connectivity index (χ2v) is 4.79. The van der Waals surface area contributed by atoms with E-state index in [1.807, 2.05) is 6.07 Å². The molecule has 20 heavy (non-hydrogen) atoms. The molecule has 0 bridgehead atoms. The molecule has 1 atom stereocenters. The molecule has 0 saturated carbocycles. The monoisotopic (exact) mass is 277 g/mol. The second-order valence-electron chi connectivity index (χ2n) is 4.79. The van der Waals surface area contributed by atoms with Gasteiger partial charge in [0.05, 0.1) is 6.61 Å². The minimum atomic E-state index is -0.581. The highest BCUT2D eigenvalue weighted by molar-refractivity contribution is 6.00. The van der Waals surface area contributed by atoms with Crippen molar-refractivity contribution >= 4 is 11.7 Å². The molecular formula is C15H19NO4. The number of hydrogen-bond donors (Lipinski definition) is 1. The van der Waals surface area contributed by atoms with Crippen molar-refractivity contribution in [2.75, 3.05) is 20.3 Å². The number of ketones is 1. The average molecular weight is 277 g/mol. The predicted octanol–water partition coefficient (Wildman–Crippen LogP) is 1.35. The molecule has 1 amide bonds. The van der Waals surface area contributed by atoms with E-state index >= 15 is 0 Å². The Bertz CT molecular complexity index is 513. The minimum Gasteiger partial charge on any atom is -0.481 e. The van der Waals surface area contributed by atoms with E-state index in [9.17, 15) is 9.59 Å². The van der Waals surface area contributed by atoms with Crippen molar-refractivity contribution in [3.63, 3.8) is 0 Å². The van der Waals surface area contributed by atoms with E-state index in [1.165, 1.54) is 0 Å². The zero-order chi connectivity index (χ0) is 14.5. The summed E-state index contributed by atoms with van der Waals surface area (Å²) in [5.41, 5.74) is 1.77. The van der Waals surface area contributed by atoms with Crippen LogP contribution in [0.3, 0.4) is 0 Å². The topological polar surface area (TPSA) is 64.6 Å². The van der Waals surface area contributed by atoms with Gasteiger partial charge in [-0.25, -0.2) is 0 Å². The zero-order valence-electron chi connectivity index (χ0n) is 11.8. The number of Topliss-reactive ketones (excluding diaryl/α,β-unsaturated/α-hetero) is 1. The molecule has 5 heteroatoms. The molecule has 0 saturated heterocycles. The van der Waals surface area contributed by atoms with Crippen LogP contribution in [0.2, 0.25) is 0 Å². The largest absolute Gasteiger partial charge is 0.481 e. The van der Waals surface area contributed by atoms with E-state index in [4.69, 9.17) is 9.47 Å². The third kappa shape index (κ3) is 3.36. The van der Waals surface area contributed by atoms with E-state index in [1.54, 1.807) is 26.2 Å². The summed E-state index contributed by atoms with van der Waals surface area (Å²) in [6.07, 6.45) is 0.730. The lowest BCUT2D eigenvalue weighted by atomic mass is 10.1. The van der Waals surface area contributed by atoms with E-state index in [0.717, 1.165) is 17.5 Å². The molecule has 0 aromatic heterocycles. The van der Waals surface area contributed by atoms with Crippen LogP contribution in [0.15, 0.2) is 18.2 Å². The van der Waals surface area contributed by atoms with Gasteiger partial charge in [0, 0.05) is 25.6 Å². The number of carbonyl (C=O) groups excluding carboxylic acids is 2. The van der Waals surface area contributed by atoms with Gasteiger partial charge >= 0.3 is 0 Å². The summed E-state index contributed by atoms with van der Waals surface area (Å²) in [5.74, 6) is 0.614. The molecular weight excluding hydrogens is 258 g/mol. The maximum absolute atomic E-state index is 11.8. The molecule has 0 fully saturated rings. The summed E-state index contributed by atoms with van der Waals surface area (Å²) in [6, 6.07) is 5.36. The van der Waals surface area contributed by atoms with Gasteiger partial charge < -0.3 is 14.8 Å². The highest BCUT2D eigenvalue weighted by Crippen LogP contribution is 2.26. The van der Waals surface area contributed by atoms with Gasteiger partial charge in [0.25, 0.3) is 5.91 Å². The molecule has 1 unspecified atom stereocenters. The van der Waals surface area contributed by atoms with Crippen molar-refractivity contribution in [3.8, 4) is 5.75 Å². The summed E-state index contributed by atoms with van der Waals surface area (Å²) in [6.45, 7) is 2.63. The fraction of sp³-hybridized carbons (Fsp3) is 0.467. The van der Waals surface area contributed by atoms with E-state index in [-0.39, 0.29) is 11.7 Å². The lowest BCUT2D eigenvalue weighted by Crippen LogP contribution is -2.37. The molecule has 1 aliphatic carbocycles. The fourth-order valence-corrected chi connectivity index (χ4v) is 2.18. The number of methoxy groups -OCH3 is 1. The normalized spacial score (nSPS) is 14.8. The van der Waals surface area contributed by atoms with E-state index < -0.39 is 6.10 Å². The molecule has 1 aliphatic rings. The van der Waals surface area contributed by atoms with Crippen molar-refractivity contribution in [3.05, 3.63) is 29.3 Å². The molecule has 0 heterocycles. The number of benzene rings is 1. The van der Waals surface area contributed by atoms with Gasteiger partial charge in [-0.05, 0) is 37.1 Å². The van der Waals surface area contributed by atoms with Crippen LogP contribution in [0.4, 0.5) is 0 Å². The van der Waals surface area contributed by atoms with Gasteiger partial charge in [0.2, 0.25) is 0 Å². The summed E-state index contributed by atoms with van der Waals surface area (Å²) in [5, 5.41) is 2.72. The van der Waals surface area contributed by atoms with Gasteiger partial charge in [0.15, 0.2) is 11.9 Å². The molecule has 0 spiro atoms. The summed E-state index contributed by atoms with van der Waals surface area (Å²) < 4.78 is 10.5. The van der Waals surface area contributed by atoms with Gasteiger partial charge in [0.1, 0.15) is 5.75 Å². The first-order valence-corrected chi connectivity index (χ1v) is 6.71. The summed E-state index contributed by atoms with van der Waals surface area (Å²) in [7, 11) is 1.58. The SMILES string of the molecule is COCCNC(=O)C(C)Oc1ccc2c(c1)CCC2=O. The second kappa shape index (κ2) is 6.52. The van der Waals surface area contributed by atoms with E-state index in [2.05, 4.69) is 5.32 Å². The minimum absolute atomic E-state index is 0.178. The molecule has 0 radical (unpaired) electrons. The number of amides is 1. The van der Waals surface area contributed by atoms with Crippen LogP contribution in [0.5, 0.6) is 5.75 Å². The van der Waals surface area contributed by atoms with Crippen molar-refractivity contribution in [1.82, 2.24) is 5.32 Å². The Labute approximate surface area is 118 Å². The number of fused-ring (bicyclic) bond motifs is 1. The van der Waals surface area contributed by atoms with Crippen molar-refractivity contribution in [1.29, 1.82) is 0 Å². The van der Waals surface area contributed by atoms with Crippen LogP contribution in [0.25, 0.3) is 0 Å². The number of nitrogens with one attached hydrogen (secondary N) is 1. The number of hydrogen-bond acceptors (Lipinski definition) is 4. The Kier molecular flexibility index (Phi) is 4.74. The zero-order valence-corrected chi connectivity index (χ0v) is 11.8. The smallest absolute Gasteiger partial charge is 0.260 e. The van der Waals surface area contributed by atoms with Crippen LogP contribution in [0.1, 0.15) is 29.3 Å². The Hall–Kier alpha value is -1.88. The van der Waals surface area contributed by atoms with Gasteiger partial charge in [-0.15, -0.1) is 0 Å². The highest BCUT2D eigenvalue weighted by atomic mass is 16.5. The molecule has 1 aromatic rings. The third-order valence-electron chi connectivity index (χ3n) is 3.29. The summed E-state index contributed by atoms with van der Waals surface area (Å²) >= 11 is 0. The maximum Gasteiger partial charge on any atom is 0.260 e. The predicted molar refractivity (Wildman–Crippen MR) is 74.1 cm³/mol. The Morgan fingerprint density at radius 3 is 2.95 bits per heavy atom. The summed E-state index contributed by atoms with van der Waals surface area (Å²) in [4.78, 5) is 23.3. The lowest BCUT2D eigenvalue weighted by Gasteiger charge is -2.15. The van der Waals surface area contributed by atoms with Crippen molar-refractivity contribution < 1.29 is 19.1 Å². The Balaban J connectivity index is 1.93. The van der Waals surface area contributed by atoms with Crippen LogP contribution >= 0.6 is 0 Å². The highest BCUT2D eigenvalue weighted by Gasteiger charge is 2.21. The molecule has 0 aliphatic heterocycles. The molecule has 5 nitrogen and oxygen atoms in total. The molecule has 1 N–H and O–H groups in total. The van der Waals surface area contributed by atoms with Crippen molar-refractivity contribution in [2.24, 2.45) is 0 Å². The number of rotatable bonds is 6. The van der Waals surface area contributed by atoms with Crippen LogP contribution in [-0.2, 0) is 16.0 Å². The quantitative estimate of drug-likeness (QED) is 0.797. The molecule has 108 valence electrons. The maximum atomic E-state index is 11.8. The number of ether oxygens (including phenoxy) is 2. The van der Waals surface area contributed by atoms with Crippen LogP contribution in [-0.4, -0.2) is 38.1 Å². The average Bonchev–Trinajstić information content (AvgIpc) is 2.80. The van der Waals surface area contributed by atoms with Gasteiger partial charge in [-0.1, -0.05) is 0 Å².